The monoisotopic (exact) mass is 469 g/mol. The topological polar surface area (TPSA) is 89.2 Å². The number of rotatable bonds is 7. The van der Waals surface area contributed by atoms with Gasteiger partial charge in [-0.25, -0.2) is 0 Å². The standard InChI is InChI=1S/C27H35NO6/c1-2-32-27-19(12-10-16-29)21(22-18-33-23-13-7-6-11-20(23)25(22)30)17-24(34-27)26(31)28-14-8-4-3-5-9-15-28/h6-7,11,13,17-19,21,27,29H,2-5,8-10,12,14-16H2,1H3/t19-,21+,27-/m1/s1. The van der Waals surface area contributed by atoms with Gasteiger partial charge in [-0.15, -0.1) is 0 Å². The molecule has 7 nitrogen and oxygen atoms in total. The highest BCUT2D eigenvalue weighted by atomic mass is 16.7. The summed E-state index contributed by atoms with van der Waals surface area (Å²) in [4.78, 5) is 28.8. The van der Waals surface area contributed by atoms with Crippen molar-refractivity contribution in [2.45, 2.75) is 64.1 Å². The van der Waals surface area contributed by atoms with Crippen LogP contribution in [0.1, 0.15) is 63.4 Å². The molecule has 1 aromatic carbocycles. The van der Waals surface area contributed by atoms with Crippen LogP contribution in [-0.4, -0.2) is 48.5 Å². The van der Waals surface area contributed by atoms with E-state index in [-0.39, 0.29) is 29.6 Å². The molecular formula is C27H35NO6. The number of aliphatic hydroxyl groups is 1. The van der Waals surface area contributed by atoms with E-state index in [0.29, 0.717) is 49.1 Å². The molecule has 0 spiro atoms. The quantitative estimate of drug-likeness (QED) is 0.649. The van der Waals surface area contributed by atoms with Gasteiger partial charge >= 0.3 is 0 Å². The fraction of sp³-hybridized carbons (Fsp3) is 0.556. The predicted molar refractivity (Wildman–Crippen MR) is 129 cm³/mol. The van der Waals surface area contributed by atoms with E-state index in [0.717, 1.165) is 25.7 Å². The molecule has 0 aliphatic carbocycles. The maximum Gasteiger partial charge on any atom is 0.288 e. The zero-order chi connectivity index (χ0) is 23.9. The molecule has 7 heteroatoms. The molecular weight excluding hydrogens is 434 g/mol. The maximum atomic E-state index is 13.5. The smallest absolute Gasteiger partial charge is 0.288 e. The third kappa shape index (κ3) is 5.36. The first-order valence-corrected chi connectivity index (χ1v) is 12.5. The van der Waals surface area contributed by atoms with Gasteiger partial charge < -0.3 is 23.9 Å². The average Bonchev–Trinajstić information content (AvgIpc) is 2.83. The summed E-state index contributed by atoms with van der Waals surface area (Å²) in [5.74, 6) is -0.578. The third-order valence-corrected chi connectivity index (χ3v) is 6.83. The van der Waals surface area contributed by atoms with Gasteiger partial charge in [-0.2, -0.15) is 0 Å². The number of aliphatic hydroxyl groups excluding tert-OH is 1. The van der Waals surface area contributed by atoms with Crippen molar-refractivity contribution in [3.05, 3.63) is 58.2 Å². The van der Waals surface area contributed by atoms with Crippen molar-refractivity contribution >= 4 is 16.9 Å². The lowest BCUT2D eigenvalue weighted by molar-refractivity contribution is -0.170. The lowest BCUT2D eigenvalue weighted by Gasteiger charge is -2.37. The van der Waals surface area contributed by atoms with Gasteiger partial charge in [0, 0.05) is 43.7 Å². The Morgan fingerprint density at radius 3 is 2.62 bits per heavy atom. The lowest BCUT2D eigenvalue weighted by atomic mass is 9.80. The number of likely N-dealkylation sites (tertiary alicyclic amines) is 1. The Balaban J connectivity index is 1.75. The lowest BCUT2D eigenvalue weighted by Crippen LogP contribution is -2.42. The molecule has 1 saturated heterocycles. The van der Waals surface area contributed by atoms with E-state index in [1.54, 1.807) is 18.2 Å². The Labute approximate surface area is 200 Å². The van der Waals surface area contributed by atoms with Crippen LogP contribution in [0.4, 0.5) is 0 Å². The van der Waals surface area contributed by atoms with Crippen LogP contribution in [0.15, 0.2) is 51.6 Å². The zero-order valence-electron chi connectivity index (χ0n) is 19.9. The number of nitrogens with zero attached hydrogens (tertiary/aromatic N) is 1. The average molecular weight is 470 g/mol. The number of allylic oxidation sites excluding steroid dienone is 1. The Morgan fingerprint density at radius 1 is 1.15 bits per heavy atom. The van der Waals surface area contributed by atoms with Crippen LogP contribution in [0.25, 0.3) is 11.0 Å². The minimum Gasteiger partial charge on any atom is -0.464 e. The SMILES string of the molecule is CCO[C@@H]1OC(C(=O)N2CCCCCCC2)=C[C@H](c2coc3ccccc3c2=O)[C@H]1CCCO. The van der Waals surface area contributed by atoms with Crippen LogP contribution < -0.4 is 5.43 Å². The summed E-state index contributed by atoms with van der Waals surface area (Å²) in [6, 6.07) is 7.16. The number of ether oxygens (including phenoxy) is 2. The molecule has 3 atom stereocenters. The molecule has 34 heavy (non-hydrogen) atoms. The molecule has 0 radical (unpaired) electrons. The van der Waals surface area contributed by atoms with E-state index in [1.165, 1.54) is 12.7 Å². The van der Waals surface area contributed by atoms with Gasteiger partial charge in [0.2, 0.25) is 6.29 Å². The Hall–Kier alpha value is -2.64. The van der Waals surface area contributed by atoms with Gasteiger partial charge in [-0.05, 0) is 50.8 Å². The van der Waals surface area contributed by atoms with Gasteiger partial charge in [0.25, 0.3) is 5.91 Å². The van der Waals surface area contributed by atoms with E-state index in [9.17, 15) is 14.7 Å². The van der Waals surface area contributed by atoms with Gasteiger partial charge in [0.15, 0.2) is 11.2 Å². The fourth-order valence-corrected chi connectivity index (χ4v) is 5.04. The predicted octanol–water partition coefficient (Wildman–Crippen LogP) is 4.33. The van der Waals surface area contributed by atoms with Crippen LogP contribution in [0.5, 0.6) is 0 Å². The molecule has 3 heterocycles. The van der Waals surface area contributed by atoms with E-state index >= 15 is 0 Å². The van der Waals surface area contributed by atoms with Gasteiger partial charge in [-0.3, -0.25) is 9.59 Å². The Bertz CT molecular complexity index is 1050. The van der Waals surface area contributed by atoms with Crippen LogP contribution >= 0.6 is 0 Å². The number of carbonyl (C=O) groups excluding carboxylic acids is 1. The number of hydrogen-bond acceptors (Lipinski definition) is 6. The van der Waals surface area contributed by atoms with E-state index in [1.807, 2.05) is 24.0 Å². The first kappa shape index (κ1) is 24.5. The molecule has 2 aliphatic rings. The molecule has 1 amide bonds. The second kappa shape index (κ2) is 11.7. The largest absolute Gasteiger partial charge is 0.464 e. The second-order valence-corrected chi connectivity index (χ2v) is 9.10. The van der Waals surface area contributed by atoms with Gasteiger partial charge in [0.05, 0.1) is 11.6 Å². The number of carbonyl (C=O) groups is 1. The number of para-hydroxylation sites is 1. The van der Waals surface area contributed by atoms with Crippen LogP contribution in [-0.2, 0) is 14.3 Å². The van der Waals surface area contributed by atoms with Crippen LogP contribution in [0.3, 0.4) is 0 Å². The summed E-state index contributed by atoms with van der Waals surface area (Å²) in [6.45, 7) is 3.72. The van der Waals surface area contributed by atoms with Crippen LogP contribution in [0, 0.1) is 5.92 Å². The highest BCUT2D eigenvalue weighted by Crippen LogP contribution is 2.39. The summed E-state index contributed by atoms with van der Waals surface area (Å²) in [5, 5.41) is 9.99. The summed E-state index contributed by atoms with van der Waals surface area (Å²) < 4.78 is 17.9. The molecule has 4 rings (SSSR count). The summed E-state index contributed by atoms with van der Waals surface area (Å²) >= 11 is 0. The molecule has 0 bridgehead atoms. The van der Waals surface area contributed by atoms with Crippen LogP contribution in [0.2, 0.25) is 0 Å². The van der Waals surface area contributed by atoms with E-state index in [4.69, 9.17) is 13.9 Å². The molecule has 184 valence electrons. The van der Waals surface area contributed by atoms with Gasteiger partial charge in [0.1, 0.15) is 5.58 Å². The normalized spacial score (nSPS) is 23.6. The fourth-order valence-electron chi connectivity index (χ4n) is 5.04. The molecule has 1 fully saturated rings. The molecule has 0 saturated carbocycles. The number of amides is 1. The summed E-state index contributed by atoms with van der Waals surface area (Å²) in [5.41, 5.74) is 0.886. The molecule has 2 aromatic rings. The summed E-state index contributed by atoms with van der Waals surface area (Å²) in [6.07, 6.45) is 9.12. The van der Waals surface area contributed by atoms with Crippen molar-refractivity contribution in [1.29, 1.82) is 0 Å². The van der Waals surface area contributed by atoms with E-state index in [2.05, 4.69) is 0 Å². The maximum absolute atomic E-state index is 13.5. The first-order chi connectivity index (χ1) is 16.6. The highest BCUT2D eigenvalue weighted by molar-refractivity contribution is 5.92. The first-order valence-electron chi connectivity index (χ1n) is 12.5. The molecule has 2 aliphatic heterocycles. The Kier molecular flexibility index (Phi) is 8.40. The van der Waals surface area contributed by atoms with Crippen molar-refractivity contribution in [2.24, 2.45) is 5.92 Å². The van der Waals surface area contributed by atoms with Crippen molar-refractivity contribution in [3.8, 4) is 0 Å². The highest BCUT2D eigenvalue weighted by Gasteiger charge is 2.40. The zero-order valence-corrected chi connectivity index (χ0v) is 19.9. The van der Waals surface area contributed by atoms with Crippen molar-refractivity contribution in [1.82, 2.24) is 4.90 Å². The Morgan fingerprint density at radius 2 is 1.88 bits per heavy atom. The number of hydrogen-bond donors (Lipinski definition) is 1. The van der Waals surface area contributed by atoms with Crippen molar-refractivity contribution < 1.29 is 23.8 Å². The van der Waals surface area contributed by atoms with E-state index < -0.39 is 12.2 Å². The number of fused-ring (bicyclic) bond motifs is 1. The minimum absolute atomic E-state index is 0.0255. The molecule has 0 unspecified atom stereocenters. The second-order valence-electron chi connectivity index (χ2n) is 9.10. The van der Waals surface area contributed by atoms with Gasteiger partial charge in [-0.1, -0.05) is 31.4 Å². The molecule has 1 N–H and O–H groups in total. The summed E-state index contributed by atoms with van der Waals surface area (Å²) in [7, 11) is 0. The number of benzene rings is 1. The van der Waals surface area contributed by atoms with Crippen molar-refractivity contribution in [2.75, 3.05) is 26.3 Å². The molecule has 1 aromatic heterocycles. The minimum atomic E-state index is -0.689. The third-order valence-electron chi connectivity index (χ3n) is 6.83. The van der Waals surface area contributed by atoms with Crippen molar-refractivity contribution in [3.63, 3.8) is 0 Å².